The molecular weight excluding hydrogens is 262 g/mol. The summed E-state index contributed by atoms with van der Waals surface area (Å²) in [6.07, 6.45) is 0. The molecule has 0 radical (unpaired) electrons. The van der Waals surface area contributed by atoms with Crippen molar-refractivity contribution in [2.75, 3.05) is 26.9 Å². The molecule has 1 rings (SSSR count). The Balaban J connectivity index is 2.89. The van der Waals surface area contributed by atoms with Gasteiger partial charge in [0.15, 0.2) is 0 Å². The van der Waals surface area contributed by atoms with Crippen molar-refractivity contribution in [1.29, 1.82) is 0 Å². The summed E-state index contributed by atoms with van der Waals surface area (Å²) in [5, 5.41) is 0.465. The third-order valence-corrected chi connectivity index (χ3v) is 4.50. The van der Waals surface area contributed by atoms with Crippen LogP contribution in [0.3, 0.4) is 0 Å². The second-order valence-electron chi connectivity index (χ2n) is 3.90. The molecule has 2 N–H and O–H groups in total. The fraction of sp³-hybridized carbons (Fsp3) is 0.400. The van der Waals surface area contributed by atoms with Crippen LogP contribution in [-0.4, -0.2) is 38.2 Å². The molecule has 96 valence electrons. The van der Waals surface area contributed by atoms with Crippen molar-refractivity contribution in [1.82, 2.24) is 8.61 Å². The molecule has 0 aromatic heterocycles. The Hall–Kier alpha value is -0.820. The van der Waals surface area contributed by atoms with Crippen molar-refractivity contribution in [3.8, 4) is 0 Å². The van der Waals surface area contributed by atoms with Gasteiger partial charge in [-0.05, 0) is 17.7 Å². The highest BCUT2D eigenvalue weighted by atomic mass is 35.5. The van der Waals surface area contributed by atoms with Crippen LogP contribution >= 0.6 is 11.6 Å². The second kappa shape index (κ2) is 5.22. The third kappa shape index (κ3) is 3.32. The van der Waals surface area contributed by atoms with Gasteiger partial charge in [0.1, 0.15) is 0 Å². The Bertz CT molecular complexity index is 502. The molecule has 0 spiro atoms. The maximum atomic E-state index is 11.8. The molecule has 0 aliphatic carbocycles. The van der Waals surface area contributed by atoms with Gasteiger partial charge in [0.2, 0.25) is 0 Å². The quantitative estimate of drug-likeness (QED) is 0.840. The monoisotopic (exact) mass is 277 g/mol. The SMILES string of the molecule is CN(C)S(=O)(=O)N(C)Cc1ccc(Cl)c(N)c1. The summed E-state index contributed by atoms with van der Waals surface area (Å²) in [5.41, 5.74) is 6.89. The second-order valence-corrected chi connectivity index (χ2v) is 6.56. The Kier molecular flexibility index (Phi) is 4.37. The summed E-state index contributed by atoms with van der Waals surface area (Å²) in [5.74, 6) is 0. The largest absolute Gasteiger partial charge is 0.398 e. The number of nitrogen functional groups attached to an aromatic ring is 1. The summed E-state index contributed by atoms with van der Waals surface area (Å²) >= 11 is 5.79. The highest BCUT2D eigenvalue weighted by Gasteiger charge is 2.20. The van der Waals surface area contributed by atoms with E-state index in [1.165, 1.54) is 25.4 Å². The van der Waals surface area contributed by atoms with Crippen molar-refractivity contribution in [2.45, 2.75) is 6.54 Å². The highest BCUT2D eigenvalue weighted by Crippen LogP contribution is 2.20. The van der Waals surface area contributed by atoms with Gasteiger partial charge in [0.05, 0.1) is 10.7 Å². The van der Waals surface area contributed by atoms with Gasteiger partial charge in [-0.2, -0.15) is 17.0 Å². The molecule has 0 saturated carbocycles. The van der Waals surface area contributed by atoms with E-state index in [1.54, 1.807) is 18.2 Å². The fourth-order valence-electron chi connectivity index (χ4n) is 1.31. The summed E-state index contributed by atoms with van der Waals surface area (Å²) < 4.78 is 26.0. The van der Waals surface area contributed by atoms with Crippen molar-refractivity contribution >= 4 is 27.5 Å². The molecule has 0 atom stereocenters. The number of nitrogens with zero attached hydrogens (tertiary/aromatic N) is 2. The molecule has 0 aliphatic rings. The maximum absolute atomic E-state index is 11.8. The van der Waals surface area contributed by atoms with Crippen LogP contribution in [0.25, 0.3) is 0 Å². The van der Waals surface area contributed by atoms with Crippen molar-refractivity contribution in [3.05, 3.63) is 28.8 Å². The minimum Gasteiger partial charge on any atom is -0.398 e. The van der Waals surface area contributed by atoms with Crippen LogP contribution in [0.1, 0.15) is 5.56 Å². The molecule has 0 saturated heterocycles. The average Bonchev–Trinajstić information content (AvgIpc) is 2.23. The van der Waals surface area contributed by atoms with Crippen molar-refractivity contribution < 1.29 is 8.42 Å². The lowest BCUT2D eigenvalue weighted by atomic mass is 10.2. The normalized spacial score (nSPS) is 12.4. The number of benzene rings is 1. The van der Waals surface area contributed by atoms with E-state index < -0.39 is 10.2 Å². The molecule has 0 bridgehead atoms. The van der Waals surface area contributed by atoms with Crippen LogP contribution in [0.15, 0.2) is 18.2 Å². The Labute approximate surface area is 107 Å². The third-order valence-electron chi connectivity index (χ3n) is 2.32. The fourth-order valence-corrected chi connectivity index (χ4v) is 2.30. The molecule has 1 aromatic carbocycles. The lowest BCUT2D eigenvalue weighted by Crippen LogP contribution is -2.36. The lowest BCUT2D eigenvalue weighted by Gasteiger charge is -2.21. The zero-order valence-electron chi connectivity index (χ0n) is 10.0. The van der Waals surface area contributed by atoms with Gasteiger partial charge in [0, 0.05) is 27.7 Å². The van der Waals surface area contributed by atoms with Gasteiger partial charge >= 0.3 is 0 Å². The zero-order valence-corrected chi connectivity index (χ0v) is 11.6. The van der Waals surface area contributed by atoms with E-state index in [9.17, 15) is 8.42 Å². The number of rotatable bonds is 4. The van der Waals surface area contributed by atoms with Crippen molar-refractivity contribution in [2.24, 2.45) is 0 Å². The van der Waals surface area contributed by atoms with E-state index in [1.807, 2.05) is 0 Å². The number of nitrogens with two attached hydrogens (primary N) is 1. The van der Waals surface area contributed by atoms with Gasteiger partial charge in [-0.1, -0.05) is 17.7 Å². The molecule has 0 amide bonds. The summed E-state index contributed by atoms with van der Waals surface area (Å²) in [7, 11) is 1.09. The van der Waals surface area contributed by atoms with Crippen LogP contribution in [0, 0.1) is 0 Å². The number of hydrogen-bond acceptors (Lipinski definition) is 3. The zero-order chi connectivity index (χ0) is 13.2. The van der Waals surface area contributed by atoms with E-state index in [2.05, 4.69) is 0 Å². The summed E-state index contributed by atoms with van der Waals surface area (Å²) in [6, 6.07) is 5.08. The van der Waals surface area contributed by atoms with E-state index in [0.29, 0.717) is 10.7 Å². The minimum atomic E-state index is -3.41. The predicted octanol–water partition coefficient (Wildman–Crippen LogP) is 1.16. The molecule has 0 fully saturated rings. The van der Waals surface area contributed by atoms with E-state index in [0.717, 1.165) is 9.87 Å². The number of halogens is 1. The summed E-state index contributed by atoms with van der Waals surface area (Å²) in [4.78, 5) is 0. The first kappa shape index (κ1) is 14.2. The molecule has 0 aliphatic heterocycles. The Morgan fingerprint density at radius 3 is 2.35 bits per heavy atom. The van der Waals surface area contributed by atoms with Gasteiger partial charge in [-0.15, -0.1) is 0 Å². The maximum Gasteiger partial charge on any atom is 0.281 e. The lowest BCUT2D eigenvalue weighted by molar-refractivity contribution is 0.414. The first-order valence-corrected chi connectivity index (χ1v) is 6.70. The molecular formula is C10H16ClN3O2S. The first-order valence-electron chi connectivity index (χ1n) is 4.93. The highest BCUT2D eigenvalue weighted by molar-refractivity contribution is 7.86. The standard InChI is InChI=1S/C10H16ClN3O2S/c1-13(2)17(15,16)14(3)7-8-4-5-9(11)10(12)6-8/h4-6H,7,12H2,1-3H3. The van der Waals surface area contributed by atoms with Crippen LogP contribution in [0.5, 0.6) is 0 Å². The van der Waals surface area contributed by atoms with Crippen molar-refractivity contribution in [3.63, 3.8) is 0 Å². The van der Waals surface area contributed by atoms with Gasteiger partial charge < -0.3 is 5.73 Å². The van der Waals surface area contributed by atoms with Crippen LogP contribution < -0.4 is 5.73 Å². The molecule has 7 heteroatoms. The van der Waals surface area contributed by atoms with Crippen LogP contribution in [0.4, 0.5) is 5.69 Å². The molecule has 5 nitrogen and oxygen atoms in total. The Morgan fingerprint density at radius 2 is 1.88 bits per heavy atom. The van der Waals surface area contributed by atoms with E-state index in [4.69, 9.17) is 17.3 Å². The van der Waals surface area contributed by atoms with Crippen LogP contribution in [-0.2, 0) is 16.8 Å². The van der Waals surface area contributed by atoms with Gasteiger partial charge in [0.25, 0.3) is 10.2 Å². The van der Waals surface area contributed by atoms with Gasteiger partial charge in [-0.3, -0.25) is 0 Å². The molecule has 0 heterocycles. The van der Waals surface area contributed by atoms with E-state index >= 15 is 0 Å². The van der Waals surface area contributed by atoms with Crippen LogP contribution in [0.2, 0.25) is 5.02 Å². The smallest absolute Gasteiger partial charge is 0.281 e. The molecule has 1 aromatic rings. The molecule has 17 heavy (non-hydrogen) atoms. The average molecular weight is 278 g/mol. The summed E-state index contributed by atoms with van der Waals surface area (Å²) in [6.45, 7) is 0.252. The predicted molar refractivity (Wildman–Crippen MR) is 69.9 cm³/mol. The molecule has 0 unspecified atom stereocenters. The first-order chi connectivity index (χ1) is 7.75. The number of anilines is 1. The minimum absolute atomic E-state index is 0.252. The Morgan fingerprint density at radius 1 is 1.29 bits per heavy atom. The van der Waals surface area contributed by atoms with E-state index in [-0.39, 0.29) is 6.54 Å². The number of hydrogen-bond donors (Lipinski definition) is 1. The van der Waals surface area contributed by atoms with Gasteiger partial charge in [-0.25, -0.2) is 0 Å². The topological polar surface area (TPSA) is 66.6 Å².